The minimum atomic E-state index is -1.08. The third kappa shape index (κ3) is 4.10. The van der Waals surface area contributed by atoms with Gasteiger partial charge in [-0.1, -0.05) is 53.8 Å². The number of hydrogen-bond donors (Lipinski definition) is 0. The van der Waals surface area contributed by atoms with Gasteiger partial charge in [0, 0.05) is 45.4 Å². The Labute approximate surface area is 179 Å². The molecule has 0 aliphatic rings. The van der Waals surface area contributed by atoms with Crippen molar-refractivity contribution >= 4 is 56.3 Å². The summed E-state index contributed by atoms with van der Waals surface area (Å²) in [5.41, 5.74) is 3.36. The highest BCUT2D eigenvalue weighted by molar-refractivity contribution is 9.10. The Hall–Kier alpha value is -1.47. The van der Waals surface area contributed by atoms with Gasteiger partial charge in [0.2, 0.25) is 0 Å². The first kappa shape index (κ1) is 19.8. The van der Waals surface area contributed by atoms with Gasteiger partial charge in [-0.3, -0.25) is 0 Å². The van der Waals surface area contributed by atoms with Crippen molar-refractivity contribution < 1.29 is 4.74 Å². The van der Waals surface area contributed by atoms with Gasteiger partial charge >= 0.3 is 0 Å². The number of rotatable bonds is 6. The average Bonchev–Trinajstić information content (AvgIpc) is 3.19. The molecule has 0 aliphatic heterocycles. The summed E-state index contributed by atoms with van der Waals surface area (Å²) in [4.78, 5) is 1.25. The Kier molecular flexibility index (Phi) is 5.48. The summed E-state index contributed by atoms with van der Waals surface area (Å²) in [6.45, 7) is 10.6. The first-order valence-electron chi connectivity index (χ1n) is 9.55. The van der Waals surface area contributed by atoms with Crippen LogP contribution in [0, 0.1) is 6.92 Å². The molecular formula is C22H25BrN2OSSi. The summed E-state index contributed by atoms with van der Waals surface area (Å²) >= 11 is 5.51. The predicted octanol–water partition coefficient (Wildman–Crippen LogP) is 7.30. The zero-order valence-corrected chi connectivity index (χ0v) is 20.2. The molecule has 0 amide bonds. The SMILES string of the molecule is Cc1c2cc(Br)cc(-c3cc4ccccc4s3)c2nn1COCC[Si](C)(C)C. The molecule has 2 aromatic heterocycles. The third-order valence-corrected chi connectivity index (χ3v) is 8.28. The molecule has 0 atom stereocenters. The summed E-state index contributed by atoms with van der Waals surface area (Å²) < 4.78 is 10.3. The van der Waals surface area contributed by atoms with Crippen LogP contribution < -0.4 is 0 Å². The molecule has 0 N–H and O–H groups in total. The fourth-order valence-corrected chi connectivity index (χ4v) is 5.57. The summed E-state index contributed by atoms with van der Waals surface area (Å²) in [6, 6.07) is 16.3. The van der Waals surface area contributed by atoms with Gasteiger partial charge in [0.25, 0.3) is 0 Å². The molecule has 0 spiro atoms. The van der Waals surface area contributed by atoms with E-state index >= 15 is 0 Å². The molecule has 28 heavy (non-hydrogen) atoms. The van der Waals surface area contributed by atoms with Crippen LogP contribution in [0.2, 0.25) is 25.7 Å². The molecule has 0 aliphatic carbocycles. The fraction of sp³-hybridized carbons (Fsp3) is 0.318. The molecule has 0 unspecified atom stereocenters. The number of hydrogen-bond acceptors (Lipinski definition) is 3. The normalized spacial score (nSPS) is 12.3. The van der Waals surface area contributed by atoms with Gasteiger partial charge in [0.05, 0.1) is 0 Å². The molecule has 0 saturated heterocycles. The van der Waals surface area contributed by atoms with Crippen LogP contribution in [0.4, 0.5) is 0 Å². The van der Waals surface area contributed by atoms with Gasteiger partial charge in [-0.2, -0.15) is 5.10 Å². The van der Waals surface area contributed by atoms with E-state index in [1.807, 2.05) is 16.0 Å². The first-order valence-corrected chi connectivity index (χ1v) is 14.9. The number of aromatic nitrogens is 2. The lowest BCUT2D eigenvalue weighted by molar-refractivity contribution is 0.0777. The fourth-order valence-electron chi connectivity index (χ4n) is 3.28. The van der Waals surface area contributed by atoms with Gasteiger partial charge in [0.15, 0.2) is 0 Å². The van der Waals surface area contributed by atoms with Crippen molar-refractivity contribution in [2.24, 2.45) is 0 Å². The molecule has 4 rings (SSSR count). The first-order chi connectivity index (χ1) is 13.3. The highest BCUT2D eigenvalue weighted by Crippen LogP contribution is 2.39. The molecular weight excluding hydrogens is 448 g/mol. The van der Waals surface area contributed by atoms with Crippen LogP contribution in [0.25, 0.3) is 31.4 Å². The summed E-state index contributed by atoms with van der Waals surface area (Å²) in [6.07, 6.45) is 0. The van der Waals surface area contributed by atoms with Crippen LogP contribution in [0.15, 0.2) is 46.9 Å². The molecule has 0 bridgehead atoms. The molecule has 0 saturated carbocycles. The highest BCUT2D eigenvalue weighted by Gasteiger charge is 2.16. The van der Waals surface area contributed by atoms with Crippen molar-refractivity contribution in [2.75, 3.05) is 6.61 Å². The van der Waals surface area contributed by atoms with E-state index in [0.29, 0.717) is 6.73 Å². The number of thiophene rings is 1. The van der Waals surface area contributed by atoms with Crippen molar-refractivity contribution in [1.82, 2.24) is 9.78 Å². The maximum absolute atomic E-state index is 5.96. The van der Waals surface area contributed by atoms with E-state index in [-0.39, 0.29) is 0 Å². The summed E-state index contributed by atoms with van der Waals surface area (Å²) in [5, 5.41) is 7.38. The number of aryl methyl sites for hydroxylation is 1. The lowest BCUT2D eigenvalue weighted by Gasteiger charge is -2.15. The second-order valence-electron chi connectivity index (χ2n) is 8.43. The van der Waals surface area contributed by atoms with Crippen LogP contribution in [0.5, 0.6) is 0 Å². The number of benzene rings is 2. The van der Waals surface area contributed by atoms with E-state index in [4.69, 9.17) is 9.84 Å². The number of fused-ring (bicyclic) bond motifs is 2. The van der Waals surface area contributed by atoms with Crippen LogP contribution in [-0.2, 0) is 11.5 Å². The Morgan fingerprint density at radius 1 is 1.14 bits per heavy atom. The van der Waals surface area contributed by atoms with Gasteiger partial charge < -0.3 is 4.74 Å². The summed E-state index contributed by atoms with van der Waals surface area (Å²) in [5.74, 6) is 0. The Bertz CT molecular complexity index is 1110. The van der Waals surface area contributed by atoms with Crippen molar-refractivity contribution in [2.45, 2.75) is 39.3 Å². The molecule has 6 heteroatoms. The topological polar surface area (TPSA) is 27.1 Å². The Morgan fingerprint density at radius 3 is 2.68 bits per heavy atom. The van der Waals surface area contributed by atoms with E-state index in [2.05, 4.69) is 85.0 Å². The lowest BCUT2D eigenvalue weighted by Crippen LogP contribution is -2.22. The second kappa shape index (κ2) is 7.75. The quantitative estimate of drug-likeness (QED) is 0.217. The van der Waals surface area contributed by atoms with Crippen molar-refractivity contribution in [3.05, 3.63) is 52.6 Å². The maximum Gasteiger partial charge on any atom is 0.139 e. The number of nitrogens with zero attached hydrogens (tertiary/aromatic N) is 2. The van der Waals surface area contributed by atoms with E-state index in [9.17, 15) is 0 Å². The average molecular weight is 474 g/mol. The van der Waals surface area contributed by atoms with Crippen molar-refractivity contribution in [3.63, 3.8) is 0 Å². The Balaban J connectivity index is 1.70. The van der Waals surface area contributed by atoms with E-state index < -0.39 is 8.07 Å². The number of halogens is 1. The molecule has 4 aromatic rings. The van der Waals surface area contributed by atoms with Gasteiger partial charge in [0.1, 0.15) is 12.2 Å². The molecule has 0 fully saturated rings. The monoisotopic (exact) mass is 472 g/mol. The molecule has 0 radical (unpaired) electrons. The van der Waals surface area contributed by atoms with E-state index in [1.54, 1.807) is 0 Å². The zero-order chi connectivity index (χ0) is 19.9. The molecule has 2 aromatic carbocycles. The molecule has 146 valence electrons. The van der Waals surface area contributed by atoms with Crippen LogP contribution in [0.1, 0.15) is 5.69 Å². The zero-order valence-electron chi connectivity index (χ0n) is 16.8. The number of ether oxygens (including phenoxy) is 1. The van der Waals surface area contributed by atoms with Crippen molar-refractivity contribution in [3.8, 4) is 10.4 Å². The van der Waals surface area contributed by atoms with Crippen LogP contribution in [0.3, 0.4) is 0 Å². The van der Waals surface area contributed by atoms with E-state index in [1.165, 1.54) is 32.0 Å². The second-order valence-corrected chi connectivity index (χ2v) is 16.1. The van der Waals surface area contributed by atoms with Gasteiger partial charge in [-0.05, 0) is 42.6 Å². The van der Waals surface area contributed by atoms with Gasteiger partial charge in [-0.15, -0.1) is 11.3 Å². The maximum atomic E-state index is 5.96. The highest BCUT2D eigenvalue weighted by atomic mass is 79.9. The van der Waals surface area contributed by atoms with Gasteiger partial charge in [-0.25, -0.2) is 4.68 Å². The minimum Gasteiger partial charge on any atom is -0.360 e. The minimum absolute atomic E-state index is 0.508. The van der Waals surface area contributed by atoms with Crippen LogP contribution in [-0.4, -0.2) is 24.5 Å². The lowest BCUT2D eigenvalue weighted by atomic mass is 10.1. The largest absolute Gasteiger partial charge is 0.360 e. The Morgan fingerprint density at radius 2 is 1.93 bits per heavy atom. The standard InChI is InChI=1S/C22H25BrN2OSSi/c1-15-18-12-17(23)13-19(21-11-16-7-5-6-8-20(16)27-21)22(18)24-25(15)14-26-9-10-28(2,3)4/h5-8,11-13H,9-10,14H2,1-4H3. The van der Waals surface area contributed by atoms with E-state index in [0.717, 1.165) is 22.3 Å². The molecule has 2 heterocycles. The van der Waals surface area contributed by atoms with Crippen molar-refractivity contribution in [1.29, 1.82) is 0 Å². The predicted molar refractivity (Wildman–Crippen MR) is 127 cm³/mol. The smallest absolute Gasteiger partial charge is 0.139 e. The summed E-state index contributed by atoms with van der Waals surface area (Å²) in [7, 11) is -1.08. The molecule has 3 nitrogen and oxygen atoms in total. The third-order valence-electron chi connectivity index (χ3n) is 4.97. The van der Waals surface area contributed by atoms with Crippen LogP contribution >= 0.6 is 27.3 Å².